The van der Waals surface area contributed by atoms with Crippen molar-refractivity contribution in [2.75, 3.05) is 0 Å². The minimum absolute atomic E-state index is 0.0525. The van der Waals surface area contributed by atoms with E-state index in [0.29, 0.717) is 6.42 Å². The first-order valence-corrected chi connectivity index (χ1v) is 12.8. The molecule has 36 heavy (non-hydrogen) atoms. The third-order valence-corrected chi connectivity index (χ3v) is 7.82. The van der Waals surface area contributed by atoms with Crippen LogP contribution < -0.4 is 0 Å². The number of aliphatic hydroxyl groups excluding tert-OH is 5. The van der Waals surface area contributed by atoms with Gasteiger partial charge >= 0.3 is 5.97 Å². The summed E-state index contributed by atoms with van der Waals surface area (Å²) in [5.74, 6) is -3.59. The van der Waals surface area contributed by atoms with E-state index in [1.807, 2.05) is 0 Å². The first-order valence-electron chi connectivity index (χ1n) is 12.8. The van der Waals surface area contributed by atoms with Crippen LogP contribution in [0.15, 0.2) is 12.2 Å². The molecular formula is C26H44O10. The lowest BCUT2D eigenvalue weighted by Gasteiger charge is -2.41. The van der Waals surface area contributed by atoms with Crippen LogP contribution in [0.4, 0.5) is 0 Å². The molecule has 208 valence electrons. The highest BCUT2D eigenvalue weighted by Crippen LogP contribution is 2.31. The summed E-state index contributed by atoms with van der Waals surface area (Å²) >= 11 is 0. The lowest BCUT2D eigenvalue weighted by atomic mass is 9.81. The Morgan fingerprint density at radius 2 is 1.53 bits per heavy atom. The topological polar surface area (TPSA) is 163 Å². The molecule has 0 aromatic rings. The molecule has 0 amide bonds. The Hall–Kier alpha value is -1.40. The van der Waals surface area contributed by atoms with Crippen molar-refractivity contribution >= 4 is 11.8 Å². The number of allylic oxidation sites excluding steroid dienone is 1. The Labute approximate surface area is 213 Å². The molecule has 2 heterocycles. The third kappa shape index (κ3) is 6.92. The van der Waals surface area contributed by atoms with Crippen LogP contribution in [0.2, 0.25) is 0 Å². The maximum atomic E-state index is 13.2. The average Bonchev–Trinajstić information content (AvgIpc) is 2.85. The van der Waals surface area contributed by atoms with E-state index in [2.05, 4.69) is 6.58 Å². The summed E-state index contributed by atoms with van der Waals surface area (Å²) < 4.78 is 17.2. The van der Waals surface area contributed by atoms with Gasteiger partial charge < -0.3 is 39.7 Å². The molecule has 0 radical (unpaired) electrons. The first kappa shape index (κ1) is 30.8. The van der Waals surface area contributed by atoms with Crippen molar-refractivity contribution in [3.8, 4) is 0 Å². The lowest BCUT2D eigenvalue weighted by Crippen LogP contribution is -2.58. The molecule has 0 aromatic heterocycles. The molecule has 2 rings (SSSR count). The summed E-state index contributed by atoms with van der Waals surface area (Å²) in [5.41, 5.74) is 0.282. The molecule has 0 spiro atoms. The molecule has 0 aliphatic carbocycles. The summed E-state index contributed by atoms with van der Waals surface area (Å²) in [7, 11) is 0. The van der Waals surface area contributed by atoms with Gasteiger partial charge in [-0.1, -0.05) is 34.3 Å². The summed E-state index contributed by atoms with van der Waals surface area (Å²) in [4.78, 5) is 26.1. The van der Waals surface area contributed by atoms with Crippen molar-refractivity contribution in [2.24, 2.45) is 23.7 Å². The SMILES string of the molecule is C=C1C[C@H](C)[C@H](O)C[C@H](OC2OC(C)C(O)C(O)C2O)[C@@H](C)C(=O)O[C@H](CC)[C@H](C)[C@H](O)[C@@H](C)C1=O. The number of ketones is 1. The predicted octanol–water partition coefficient (Wildman–Crippen LogP) is 0.706. The molecule has 2 aliphatic rings. The molecule has 13 atom stereocenters. The van der Waals surface area contributed by atoms with Crippen molar-refractivity contribution in [1.82, 2.24) is 0 Å². The van der Waals surface area contributed by atoms with Crippen LogP contribution >= 0.6 is 0 Å². The van der Waals surface area contributed by atoms with Gasteiger partial charge in [-0.05, 0) is 38.2 Å². The summed E-state index contributed by atoms with van der Waals surface area (Å²) in [6.07, 6.45) is -9.87. The van der Waals surface area contributed by atoms with Crippen molar-refractivity contribution in [1.29, 1.82) is 0 Å². The zero-order valence-corrected chi connectivity index (χ0v) is 22.1. The van der Waals surface area contributed by atoms with Crippen LogP contribution in [-0.4, -0.2) is 92.4 Å². The van der Waals surface area contributed by atoms with E-state index in [9.17, 15) is 35.1 Å². The fourth-order valence-corrected chi connectivity index (χ4v) is 4.89. The van der Waals surface area contributed by atoms with Gasteiger partial charge in [-0.3, -0.25) is 9.59 Å². The van der Waals surface area contributed by atoms with Crippen LogP contribution in [0.3, 0.4) is 0 Å². The maximum absolute atomic E-state index is 13.2. The van der Waals surface area contributed by atoms with Gasteiger partial charge in [0, 0.05) is 18.3 Å². The highest BCUT2D eigenvalue weighted by molar-refractivity contribution is 5.96. The van der Waals surface area contributed by atoms with Crippen molar-refractivity contribution in [3.05, 3.63) is 12.2 Å². The van der Waals surface area contributed by atoms with E-state index in [-0.39, 0.29) is 24.2 Å². The van der Waals surface area contributed by atoms with Crippen LogP contribution in [-0.2, 0) is 23.8 Å². The minimum atomic E-state index is -1.58. The number of carbonyl (C=O) groups is 2. The second-order valence-corrected chi connectivity index (χ2v) is 10.6. The predicted molar refractivity (Wildman–Crippen MR) is 129 cm³/mol. The van der Waals surface area contributed by atoms with Gasteiger partial charge in [0.1, 0.15) is 24.4 Å². The van der Waals surface area contributed by atoms with E-state index in [0.717, 1.165) is 0 Å². The molecule has 10 heteroatoms. The number of carbonyl (C=O) groups excluding carboxylic acids is 2. The number of hydrogen-bond acceptors (Lipinski definition) is 10. The Morgan fingerprint density at radius 1 is 0.917 bits per heavy atom. The van der Waals surface area contributed by atoms with Gasteiger partial charge in [0.05, 0.1) is 30.3 Å². The summed E-state index contributed by atoms with van der Waals surface area (Å²) in [6.45, 7) is 13.8. The summed E-state index contributed by atoms with van der Waals surface area (Å²) in [5, 5.41) is 52.4. The molecule has 0 aromatic carbocycles. The van der Waals surface area contributed by atoms with Gasteiger partial charge in [0.15, 0.2) is 12.1 Å². The number of rotatable bonds is 3. The van der Waals surface area contributed by atoms with E-state index in [1.165, 1.54) is 6.92 Å². The van der Waals surface area contributed by atoms with E-state index in [1.54, 1.807) is 34.6 Å². The molecule has 5 unspecified atom stereocenters. The fourth-order valence-electron chi connectivity index (χ4n) is 4.89. The molecular weight excluding hydrogens is 472 g/mol. The average molecular weight is 517 g/mol. The van der Waals surface area contributed by atoms with Crippen molar-refractivity contribution in [3.63, 3.8) is 0 Å². The Balaban J connectivity index is 2.37. The smallest absolute Gasteiger partial charge is 0.311 e. The highest BCUT2D eigenvalue weighted by atomic mass is 16.7. The Kier molecular flexibility index (Phi) is 11.0. The monoisotopic (exact) mass is 516 g/mol. The number of Topliss-reactive ketones (excluding diaryl/α,β-unsaturated/α-hetero) is 1. The fraction of sp³-hybridized carbons (Fsp3) is 0.846. The van der Waals surface area contributed by atoms with Gasteiger partial charge in [-0.15, -0.1) is 0 Å². The molecule has 10 nitrogen and oxygen atoms in total. The number of hydrogen-bond donors (Lipinski definition) is 5. The summed E-state index contributed by atoms with van der Waals surface area (Å²) in [6, 6.07) is 0. The van der Waals surface area contributed by atoms with E-state index in [4.69, 9.17) is 14.2 Å². The highest BCUT2D eigenvalue weighted by Gasteiger charge is 2.45. The Bertz CT molecular complexity index is 772. The second kappa shape index (κ2) is 12.9. The van der Waals surface area contributed by atoms with Gasteiger partial charge in [0.2, 0.25) is 0 Å². The van der Waals surface area contributed by atoms with Crippen LogP contribution in [0, 0.1) is 23.7 Å². The Morgan fingerprint density at radius 3 is 2.11 bits per heavy atom. The van der Waals surface area contributed by atoms with Crippen LogP contribution in [0.25, 0.3) is 0 Å². The second-order valence-electron chi connectivity index (χ2n) is 10.6. The normalized spacial score (nSPS) is 46.2. The molecule has 2 aliphatic heterocycles. The first-order chi connectivity index (χ1) is 16.7. The number of esters is 1. The van der Waals surface area contributed by atoms with E-state index >= 15 is 0 Å². The number of ether oxygens (including phenoxy) is 3. The minimum Gasteiger partial charge on any atom is -0.462 e. The van der Waals surface area contributed by atoms with E-state index < -0.39 is 84.8 Å². The quantitative estimate of drug-likeness (QED) is 0.267. The van der Waals surface area contributed by atoms with Gasteiger partial charge in [-0.2, -0.15) is 0 Å². The van der Waals surface area contributed by atoms with Crippen molar-refractivity contribution < 1.29 is 49.3 Å². The van der Waals surface area contributed by atoms with Crippen LogP contribution in [0.5, 0.6) is 0 Å². The molecule has 2 saturated heterocycles. The largest absolute Gasteiger partial charge is 0.462 e. The third-order valence-electron chi connectivity index (χ3n) is 7.82. The van der Waals surface area contributed by atoms with Gasteiger partial charge in [0.25, 0.3) is 0 Å². The molecule has 0 bridgehead atoms. The molecule has 5 N–H and O–H groups in total. The number of aliphatic hydroxyl groups is 5. The standard InChI is InChI=1S/C26H44O10/c1-8-18-13(4)21(29)15(6)20(28)12(3)9-11(2)17(27)10-19(14(5)25(33)35-18)36-26-24(32)23(31)22(30)16(7)34-26/h11,13-19,21-24,26-27,29-32H,3,8-10H2,1-2,4-7H3/t11-,13-,14+,15-,16?,17+,18+,19-,21-,22?,23?,24?,26?/m0/s1. The van der Waals surface area contributed by atoms with Crippen molar-refractivity contribution in [2.45, 2.75) is 116 Å². The molecule has 2 fully saturated rings. The zero-order chi connectivity index (χ0) is 27.5. The maximum Gasteiger partial charge on any atom is 0.311 e. The molecule has 0 saturated carbocycles. The lowest BCUT2D eigenvalue weighted by molar-refractivity contribution is -0.309. The zero-order valence-electron chi connectivity index (χ0n) is 22.1. The van der Waals surface area contributed by atoms with Gasteiger partial charge in [-0.25, -0.2) is 0 Å². The number of cyclic esters (lactones) is 1. The van der Waals surface area contributed by atoms with Crippen LogP contribution in [0.1, 0.15) is 60.8 Å².